The molecule has 0 unspecified atom stereocenters. The lowest BCUT2D eigenvalue weighted by atomic mass is 9.87. The Hall–Kier alpha value is -1.59. The van der Waals surface area contributed by atoms with Crippen molar-refractivity contribution in [3.63, 3.8) is 0 Å². The summed E-state index contributed by atoms with van der Waals surface area (Å²) in [5.74, 6) is 0. The summed E-state index contributed by atoms with van der Waals surface area (Å²) < 4.78 is 5.70. The van der Waals surface area contributed by atoms with Crippen molar-refractivity contribution in [2.75, 3.05) is 19.8 Å². The van der Waals surface area contributed by atoms with Gasteiger partial charge in [-0.05, 0) is 56.6 Å². The predicted octanol–water partition coefficient (Wildman–Crippen LogP) is 3.03. The molecule has 2 amide bonds. The Balaban J connectivity index is 1.74. The van der Waals surface area contributed by atoms with Gasteiger partial charge >= 0.3 is 6.03 Å². The maximum atomic E-state index is 13.0. The van der Waals surface area contributed by atoms with Crippen molar-refractivity contribution in [2.45, 2.75) is 63.6 Å². The average Bonchev–Trinajstić information content (AvgIpc) is 3.17. The van der Waals surface area contributed by atoms with Gasteiger partial charge < -0.3 is 20.1 Å². The number of carbonyl (C=O) groups is 1. The van der Waals surface area contributed by atoms with Gasteiger partial charge in [-0.2, -0.15) is 0 Å². The van der Waals surface area contributed by atoms with E-state index in [0.717, 1.165) is 38.7 Å². The first kappa shape index (κ1) is 18.2. The van der Waals surface area contributed by atoms with Gasteiger partial charge in [0.05, 0.1) is 18.2 Å². The fourth-order valence-corrected chi connectivity index (χ4v) is 4.06. The molecule has 0 radical (unpaired) electrons. The minimum absolute atomic E-state index is 0.00506. The number of fused-ring (bicyclic) bond motifs is 1. The average molecular weight is 346 g/mol. The van der Waals surface area contributed by atoms with Gasteiger partial charge in [-0.15, -0.1) is 0 Å². The zero-order valence-corrected chi connectivity index (χ0v) is 15.1. The third kappa shape index (κ3) is 4.33. The Bertz CT molecular complexity index is 572. The Morgan fingerprint density at radius 2 is 2.20 bits per heavy atom. The monoisotopic (exact) mass is 346 g/mol. The van der Waals surface area contributed by atoms with Gasteiger partial charge in [-0.3, -0.25) is 0 Å². The van der Waals surface area contributed by atoms with E-state index in [0.29, 0.717) is 13.0 Å². The first-order valence-corrected chi connectivity index (χ1v) is 9.58. The summed E-state index contributed by atoms with van der Waals surface area (Å²) in [5.41, 5.74) is 2.60. The molecule has 1 fully saturated rings. The van der Waals surface area contributed by atoms with Gasteiger partial charge in [0.2, 0.25) is 0 Å². The van der Waals surface area contributed by atoms with Gasteiger partial charge in [0.15, 0.2) is 0 Å². The van der Waals surface area contributed by atoms with E-state index in [9.17, 15) is 9.90 Å². The molecule has 2 N–H and O–H groups in total. The second-order valence-electron chi connectivity index (χ2n) is 7.17. The molecule has 1 aromatic carbocycles. The van der Waals surface area contributed by atoms with Crippen molar-refractivity contribution in [1.29, 1.82) is 0 Å². The van der Waals surface area contributed by atoms with Crippen LogP contribution in [0.25, 0.3) is 0 Å². The Kier molecular flexibility index (Phi) is 6.32. The highest BCUT2D eigenvalue weighted by atomic mass is 16.5. The molecule has 1 saturated heterocycles. The Morgan fingerprint density at radius 3 is 2.96 bits per heavy atom. The molecular formula is C20H30N2O3. The molecule has 5 nitrogen and oxygen atoms in total. The molecule has 25 heavy (non-hydrogen) atoms. The number of hydrogen-bond donors (Lipinski definition) is 2. The van der Waals surface area contributed by atoms with Crippen LogP contribution in [0.3, 0.4) is 0 Å². The smallest absolute Gasteiger partial charge is 0.318 e. The van der Waals surface area contributed by atoms with Gasteiger partial charge in [0.1, 0.15) is 0 Å². The van der Waals surface area contributed by atoms with Crippen LogP contribution in [0.2, 0.25) is 0 Å². The molecule has 0 spiro atoms. The third-order valence-corrected chi connectivity index (χ3v) is 5.41. The molecule has 0 saturated carbocycles. The predicted molar refractivity (Wildman–Crippen MR) is 97.5 cm³/mol. The molecule has 1 aliphatic carbocycles. The molecule has 138 valence electrons. The number of amides is 2. The lowest BCUT2D eigenvalue weighted by molar-refractivity contribution is 0.0807. The maximum Gasteiger partial charge on any atom is 0.318 e. The van der Waals surface area contributed by atoms with Gasteiger partial charge in [0, 0.05) is 19.8 Å². The molecule has 0 bridgehead atoms. The summed E-state index contributed by atoms with van der Waals surface area (Å²) >= 11 is 0. The van der Waals surface area contributed by atoms with E-state index in [-0.39, 0.29) is 30.8 Å². The van der Waals surface area contributed by atoms with Crippen LogP contribution in [0.1, 0.15) is 56.2 Å². The topological polar surface area (TPSA) is 61.8 Å². The molecule has 2 aliphatic rings. The van der Waals surface area contributed by atoms with Crippen LogP contribution in [0, 0.1) is 0 Å². The number of rotatable bonds is 6. The van der Waals surface area contributed by atoms with E-state index in [2.05, 4.69) is 23.5 Å². The molecule has 3 rings (SSSR count). The largest absolute Gasteiger partial charge is 0.396 e. The summed E-state index contributed by atoms with van der Waals surface area (Å²) in [6.07, 6.45) is 5.92. The SMILES string of the molecule is C[C@H](NC(=O)N(CCCO)[C@H]1CCCc2ccccc21)[C@H]1CCCO1. The summed E-state index contributed by atoms with van der Waals surface area (Å²) in [5, 5.41) is 12.4. The first-order valence-electron chi connectivity index (χ1n) is 9.58. The van der Waals surface area contributed by atoms with Crippen molar-refractivity contribution in [1.82, 2.24) is 10.2 Å². The fourth-order valence-electron chi connectivity index (χ4n) is 4.06. The van der Waals surface area contributed by atoms with E-state index >= 15 is 0 Å². The summed E-state index contributed by atoms with van der Waals surface area (Å²) in [6, 6.07) is 8.48. The number of carbonyl (C=O) groups excluding carboxylic acids is 1. The van der Waals surface area contributed by atoms with Crippen molar-refractivity contribution in [3.8, 4) is 0 Å². The zero-order chi connectivity index (χ0) is 17.6. The standard InChI is InChI=1S/C20H30N2O3/c1-15(19-11-5-14-25-19)21-20(24)22(12-6-13-23)18-10-4-8-16-7-2-3-9-17(16)18/h2-3,7,9,15,18-19,23H,4-6,8,10-14H2,1H3,(H,21,24)/t15-,18-,19+/m0/s1. The molecule has 5 heteroatoms. The van der Waals surface area contributed by atoms with E-state index in [1.165, 1.54) is 11.1 Å². The fraction of sp³-hybridized carbons (Fsp3) is 0.650. The second-order valence-corrected chi connectivity index (χ2v) is 7.17. The minimum Gasteiger partial charge on any atom is -0.396 e. The first-order chi connectivity index (χ1) is 12.2. The van der Waals surface area contributed by atoms with Gasteiger partial charge in [0.25, 0.3) is 0 Å². The van der Waals surface area contributed by atoms with Crippen LogP contribution in [0.15, 0.2) is 24.3 Å². The third-order valence-electron chi connectivity index (χ3n) is 5.41. The van der Waals surface area contributed by atoms with E-state index in [4.69, 9.17) is 4.74 Å². The van der Waals surface area contributed by atoms with Crippen LogP contribution in [-0.4, -0.2) is 47.9 Å². The maximum absolute atomic E-state index is 13.0. The van der Waals surface area contributed by atoms with Crippen LogP contribution >= 0.6 is 0 Å². The summed E-state index contributed by atoms with van der Waals surface area (Å²) in [7, 11) is 0. The van der Waals surface area contributed by atoms with Crippen LogP contribution < -0.4 is 5.32 Å². The van der Waals surface area contributed by atoms with Gasteiger partial charge in [-0.1, -0.05) is 24.3 Å². The van der Waals surface area contributed by atoms with Crippen LogP contribution in [0.4, 0.5) is 4.79 Å². The zero-order valence-electron chi connectivity index (χ0n) is 15.1. The van der Waals surface area contributed by atoms with Crippen LogP contribution in [-0.2, 0) is 11.2 Å². The van der Waals surface area contributed by atoms with Crippen molar-refractivity contribution in [2.24, 2.45) is 0 Å². The number of nitrogens with one attached hydrogen (secondary N) is 1. The summed E-state index contributed by atoms with van der Waals surface area (Å²) in [6.45, 7) is 3.47. The van der Waals surface area contributed by atoms with E-state index < -0.39 is 0 Å². The van der Waals surface area contributed by atoms with Crippen molar-refractivity contribution in [3.05, 3.63) is 35.4 Å². The van der Waals surface area contributed by atoms with E-state index in [1.807, 2.05) is 17.9 Å². The number of aliphatic hydroxyl groups is 1. The minimum atomic E-state index is -0.0434. The lowest BCUT2D eigenvalue weighted by Crippen LogP contribution is -2.49. The van der Waals surface area contributed by atoms with Crippen molar-refractivity contribution >= 4 is 6.03 Å². The number of nitrogens with zero attached hydrogens (tertiary/aromatic N) is 1. The highest BCUT2D eigenvalue weighted by Gasteiger charge is 2.31. The molecule has 1 aliphatic heterocycles. The quantitative estimate of drug-likeness (QED) is 0.832. The number of ether oxygens (including phenoxy) is 1. The van der Waals surface area contributed by atoms with Gasteiger partial charge in [-0.25, -0.2) is 4.79 Å². The highest BCUT2D eigenvalue weighted by molar-refractivity contribution is 5.75. The molecule has 3 atom stereocenters. The molecule has 0 aromatic heterocycles. The van der Waals surface area contributed by atoms with E-state index in [1.54, 1.807) is 0 Å². The number of urea groups is 1. The Labute approximate surface area is 150 Å². The number of aliphatic hydroxyl groups excluding tert-OH is 1. The molecular weight excluding hydrogens is 316 g/mol. The lowest BCUT2D eigenvalue weighted by Gasteiger charge is -2.37. The Morgan fingerprint density at radius 1 is 1.36 bits per heavy atom. The second kappa shape index (κ2) is 8.68. The normalized spacial score (nSPS) is 23.8. The number of aryl methyl sites for hydroxylation is 1. The molecule has 1 heterocycles. The van der Waals surface area contributed by atoms with Crippen molar-refractivity contribution < 1.29 is 14.6 Å². The number of benzene rings is 1. The van der Waals surface area contributed by atoms with Crippen LogP contribution in [0.5, 0.6) is 0 Å². The summed E-state index contributed by atoms with van der Waals surface area (Å²) in [4.78, 5) is 14.9. The molecule has 1 aromatic rings. The highest BCUT2D eigenvalue weighted by Crippen LogP contribution is 2.34. The number of hydrogen-bond acceptors (Lipinski definition) is 3.